The molecule has 2 aliphatic rings. The van der Waals surface area contributed by atoms with Gasteiger partial charge in [0.1, 0.15) is 0 Å². The van der Waals surface area contributed by atoms with Crippen molar-refractivity contribution < 1.29 is 14.1 Å². The molecule has 27 heavy (non-hydrogen) atoms. The van der Waals surface area contributed by atoms with Gasteiger partial charge in [-0.25, -0.2) is 4.79 Å². The highest BCUT2D eigenvalue weighted by Crippen LogP contribution is 2.35. The second-order valence-electron chi connectivity index (χ2n) is 7.44. The maximum absolute atomic E-state index is 11.9. The average Bonchev–Trinajstić information content (AvgIpc) is 3.11. The number of fused-ring (bicyclic) bond motifs is 1. The molecule has 0 saturated carbocycles. The maximum Gasteiger partial charge on any atom is 0.409 e. The van der Waals surface area contributed by atoms with E-state index in [2.05, 4.69) is 10.1 Å². The third kappa shape index (κ3) is 3.92. The van der Waals surface area contributed by atoms with Crippen molar-refractivity contribution in [1.82, 2.24) is 15.0 Å². The largest absolute Gasteiger partial charge is 0.450 e. The number of hydrogen-bond donors (Lipinski definition) is 0. The minimum absolute atomic E-state index is 0.175. The molecule has 1 amide bonds. The van der Waals surface area contributed by atoms with E-state index in [0.717, 1.165) is 73.5 Å². The third-order valence-electron chi connectivity index (χ3n) is 5.88. The van der Waals surface area contributed by atoms with Crippen LogP contribution in [0.25, 0.3) is 11.0 Å². The zero-order valence-corrected chi connectivity index (χ0v) is 16.5. The van der Waals surface area contributed by atoms with E-state index >= 15 is 0 Å². The van der Waals surface area contributed by atoms with Crippen molar-refractivity contribution in [3.05, 3.63) is 28.9 Å². The van der Waals surface area contributed by atoms with Gasteiger partial charge in [0.15, 0.2) is 5.58 Å². The minimum Gasteiger partial charge on any atom is -0.450 e. The number of carbonyl (C=O) groups is 1. The van der Waals surface area contributed by atoms with Gasteiger partial charge in [0, 0.05) is 35.5 Å². The Labute approximate surface area is 164 Å². The molecule has 1 aromatic carbocycles. The molecular weight excluding hydrogens is 366 g/mol. The Kier molecular flexibility index (Phi) is 5.55. The number of benzene rings is 1. The van der Waals surface area contributed by atoms with Gasteiger partial charge >= 0.3 is 6.09 Å². The Hall–Kier alpha value is -1.79. The van der Waals surface area contributed by atoms with Gasteiger partial charge < -0.3 is 19.1 Å². The molecule has 7 heteroatoms. The van der Waals surface area contributed by atoms with Crippen molar-refractivity contribution in [2.24, 2.45) is 0 Å². The van der Waals surface area contributed by atoms with E-state index in [4.69, 9.17) is 20.9 Å². The van der Waals surface area contributed by atoms with Crippen LogP contribution < -0.4 is 0 Å². The number of carbonyl (C=O) groups excluding carboxylic acids is 1. The smallest absolute Gasteiger partial charge is 0.409 e. The molecule has 2 aromatic rings. The molecule has 2 aliphatic heterocycles. The molecule has 0 bridgehead atoms. The monoisotopic (exact) mass is 391 g/mol. The zero-order chi connectivity index (χ0) is 18.8. The van der Waals surface area contributed by atoms with Crippen molar-refractivity contribution in [2.45, 2.75) is 44.6 Å². The van der Waals surface area contributed by atoms with Crippen LogP contribution in [0.3, 0.4) is 0 Å². The summed E-state index contributed by atoms with van der Waals surface area (Å²) in [6.45, 7) is 5.98. The van der Waals surface area contributed by atoms with Crippen LogP contribution in [0.15, 0.2) is 22.7 Å². The first-order valence-electron chi connectivity index (χ1n) is 9.86. The van der Waals surface area contributed by atoms with Gasteiger partial charge in [-0.3, -0.25) is 0 Å². The van der Waals surface area contributed by atoms with E-state index < -0.39 is 0 Å². The molecule has 0 N–H and O–H groups in total. The van der Waals surface area contributed by atoms with Gasteiger partial charge in [0.2, 0.25) is 0 Å². The SMILES string of the molecule is CCOC(=O)N1CCC(N2CCC(c3noc4ccc(Cl)cc34)CC2)CC1. The second-order valence-corrected chi connectivity index (χ2v) is 7.87. The number of likely N-dealkylation sites (tertiary alicyclic amines) is 2. The lowest BCUT2D eigenvalue weighted by Gasteiger charge is -2.41. The van der Waals surface area contributed by atoms with Crippen LogP contribution >= 0.6 is 11.6 Å². The van der Waals surface area contributed by atoms with Crippen molar-refractivity contribution in [2.75, 3.05) is 32.8 Å². The lowest BCUT2D eigenvalue weighted by Crippen LogP contribution is -2.49. The zero-order valence-electron chi connectivity index (χ0n) is 15.7. The van der Waals surface area contributed by atoms with Crippen molar-refractivity contribution >= 4 is 28.7 Å². The molecule has 0 aliphatic carbocycles. The molecule has 3 heterocycles. The first-order chi connectivity index (χ1) is 13.2. The predicted molar refractivity (Wildman–Crippen MR) is 104 cm³/mol. The van der Waals surface area contributed by atoms with Crippen LogP contribution in [0.1, 0.15) is 44.2 Å². The Balaban J connectivity index is 1.33. The van der Waals surface area contributed by atoms with Gasteiger partial charge in [-0.15, -0.1) is 0 Å². The first-order valence-corrected chi connectivity index (χ1v) is 10.2. The standard InChI is InChI=1S/C20H26ClN3O3/c1-2-26-20(25)24-11-7-16(8-12-24)23-9-5-14(6-10-23)19-17-13-15(21)3-4-18(17)27-22-19/h3-4,13-14,16H,2,5-12H2,1H3. The summed E-state index contributed by atoms with van der Waals surface area (Å²) in [6, 6.07) is 6.24. The Morgan fingerprint density at radius 2 is 1.96 bits per heavy atom. The van der Waals surface area contributed by atoms with Crippen molar-refractivity contribution in [3.8, 4) is 0 Å². The molecule has 6 nitrogen and oxygen atoms in total. The van der Waals surface area contributed by atoms with E-state index in [-0.39, 0.29) is 6.09 Å². The Bertz CT molecular complexity index is 793. The third-order valence-corrected chi connectivity index (χ3v) is 6.12. The van der Waals surface area contributed by atoms with Crippen LogP contribution in [-0.4, -0.2) is 59.9 Å². The van der Waals surface area contributed by atoms with E-state index in [9.17, 15) is 4.79 Å². The quantitative estimate of drug-likeness (QED) is 0.781. The predicted octanol–water partition coefficient (Wildman–Crippen LogP) is 4.28. The average molecular weight is 392 g/mol. The topological polar surface area (TPSA) is 58.8 Å². The number of aromatic nitrogens is 1. The fourth-order valence-electron chi connectivity index (χ4n) is 4.39. The summed E-state index contributed by atoms with van der Waals surface area (Å²) in [7, 11) is 0. The number of rotatable bonds is 3. The summed E-state index contributed by atoms with van der Waals surface area (Å²) in [6.07, 6.45) is 4.02. The highest BCUT2D eigenvalue weighted by atomic mass is 35.5. The van der Waals surface area contributed by atoms with E-state index in [1.807, 2.05) is 30.0 Å². The summed E-state index contributed by atoms with van der Waals surface area (Å²) < 4.78 is 10.6. The number of piperidine rings is 2. The molecule has 2 fully saturated rings. The van der Waals surface area contributed by atoms with Gasteiger partial charge in [0.05, 0.1) is 12.3 Å². The fraction of sp³-hybridized carbons (Fsp3) is 0.600. The summed E-state index contributed by atoms with van der Waals surface area (Å²) in [5.74, 6) is 0.417. The number of amides is 1. The van der Waals surface area contributed by atoms with Crippen molar-refractivity contribution in [3.63, 3.8) is 0 Å². The number of halogens is 1. The number of hydrogen-bond acceptors (Lipinski definition) is 5. The molecule has 0 atom stereocenters. The van der Waals surface area contributed by atoms with Crippen molar-refractivity contribution in [1.29, 1.82) is 0 Å². The minimum atomic E-state index is -0.175. The molecule has 4 rings (SSSR count). The van der Waals surface area contributed by atoms with Crippen LogP contribution in [0.2, 0.25) is 5.02 Å². The van der Waals surface area contributed by atoms with E-state index in [1.54, 1.807) is 0 Å². The summed E-state index contributed by atoms with van der Waals surface area (Å²) in [5, 5.41) is 6.10. The Morgan fingerprint density at radius 3 is 2.67 bits per heavy atom. The summed E-state index contributed by atoms with van der Waals surface area (Å²) in [4.78, 5) is 16.3. The second kappa shape index (κ2) is 8.07. The highest BCUT2D eigenvalue weighted by Gasteiger charge is 2.31. The lowest BCUT2D eigenvalue weighted by molar-refractivity contribution is 0.0660. The molecule has 0 unspecified atom stereocenters. The van der Waals surface area contributed by atoms with Crippen LogP contribution in [-0.2, 0) is 4.74 Å². The Morgan fingerprint density at radius 1 is 1.22 bits per heavy atom. The highest BCUT2D eigenvalue weighted by molar-refractivity contribution is 6.31. The molecule has 146 valence electrons. The van der Waals surface area contributed by atoms with Crippen LogP contribution in [0.5, 0.6) is 0 Å². The number of ether oxygens (including phenoxy) is 1. The van der Waals surface area contributed by atoms with Gasteiger partial charge in [-0.2, -0.15) is 0 Å². The van der Waals surface area contributed by atoms with E-state index in [0.29, 0.717) is 18.6 Å². The molecular formula is C20H26ClN3O3. The summed E-state index contributed by atoms with van der Waals surface area (Å²) >= 11 is 6.15. The molecule has 2 saturated heterocycles. The number of nitrogens with zero attached hydrogens (tertiary/aromatic N) is 3. The molecule has 0 spiro atoms. The van der Waals surface area contributed by atoms with E-state index in [1.165, 1.54) is 0 Å². The molecule has 0 radical (unpaired) electrons. The van der Waals surface area contributed by atoms with Crippen LogP contribution in [0, 0.1) is 0 Å². The normalized spacial score (nSPS) is 20.3. The first kappa shape index (κ1) is 18.6. The molecule has 1 aromatic heterocycles. The van der Waals surface area contributed by atoms with Gasteiger partial charge in [-0.05, 0) is 63.9 Å². The summed E-state index contributed by atoms with van der Waals surface area (Å²) in [5.41, 5.74) is 1.85. The fourth-order valence-corrected chi connectivity index (χ4v) is 4.56. The maximum atomic E-state index is 11.9. The van der Waals surface area contributed by atoms with Crippen LogP contribution in [0.4, 0.5) is 4.79 Å². The van der Waals surface area contributed by atoms with Gasteiger partial charge in [-0.1, -0.05) is 16.8 Å². The van der Waals surface area contributed by atoms with Gasteiger partial charge in [0.25, 0.3) is 0 Å². The lowest BCUT2D eigenvalue weighted by atomic mass is 9.90.